The first-order valence-electron chi connectivity index (χ1n) is 9.52. The topological polar surface area (TPSA) is 84.4 Å². The van der Waals surface area contributed by atoms with E-state index in [1.807, 2.05) is 32.0 Å². The van der Waals surface area contributed by atoms with Crippen molar-refractivity contribution in [2.45, 2.75) is 26.1 Å². The molecule has 4 rings (SSSR count). The van der Waals surface area contributed by atoms with Crippen molar-refractivity contribution < 1.29 is 13.2 Å². The van der Waals surface area contributed by atoms with Gasteiger partial charge in [-0.2, -0.15) is 0 Å². The van der Waals surface area contributed by atoms with Gasteiger partial charge in [0.1, 0.15) is 10.7 Å². The average molecular weight is 433 g/mol. The number of hydrogen-bond acceptors (Lipinski definition) is 7. The molecule has 154 valence electrons. The molecule has 0 amide bonds. The van der Waals surface area contributed by atoms with E-state index in [0.717, 1.165) is 39.3 Å². The summed E-state index contributed by atoms with van der Waals surface area (Å²) < 4.78 is 33.8. The van der Waals surface area contributed by atoms with Gasteiger partial charge in [0.05, 0.1) is 30.9 Å². The quantitative estimate of drug-likeness (QED) is 0.644. The first-order chi connectivity index (χ1) is 13.9. The van der Waals surface area contributed by atoms with Crippen molar-refractivity contribution in [1.82, 2.24) is 14.9 Å². The van der Waals surface area contributed by atoms with Crippen molar-refractivity contribution in [3.05, 3.63) is 52.2 Å². The monoisotopic (exact) mass is 432 g/mol. The fraction of sp³-hybridized carbons (Fsp3) is 0.400. The van der Waals surface area contributed by atoms with Crippen molar-refractivity contribution in [2.75, 3.05) is 31.0 Å². The van der Waals surface area contributed by atoms with Gasteiger partial charge < -0.3 is 4.74 Å². The highest BCUT2D eigenvalue weighted by Crippen LogP contribution is 2.34. The first kappa shape index (κ1) is 20.2. The molecule has 0 spiro atoms. The molecular formula is C20H24N4O3S2. The Hall–Kier alpha value is -2.07. The van der Waals surface area contributed by atoms with Crippen LogP contribution in [0.15, 0.2) is 30.3 Å². The second kappa shape index (κ2) is 8.35. The minimum Gasteiger partial charge on any atom is -0.379 e. The smallest absolute Gasteiger partial charge is 0.238 e. The lowest BCUT2D eigenvalue weighted by Gasteiger charge is -2.25. The van der Waals surface area contributed by atoms with Crippen LogP contribution >= 0.6 is 11.3 Å². The van der Waals surface area contributed by atoms with Crippen LogP contribution in [0.4, 0.5) is 5.82 Å². The molecule has 0 saturated carbocycles. The zero-order chi connectivity index (χ0) is 20.4. The molecule has 9 heteroatoms. The molecule has 1 N–H and O–H groups in total. The molecule has 1 saturated heterocycles. The highest BCUT2D eigenvalue weighted by atomic mass is 32.2. The van der Waals surface area contributed by atoms with E-state index in [9.17, 15) is 8.42 Å². The number of aryl methyl sites for hydroxylation is 2. The number of benzene rings is 1. The van der Waals surface area contributed by atoms with Gasteiger partial charge in [-0.3, -0.25) is 9.62 Å². The van der Waals surface area contributed by atoms with Gasteiger partial charge in [0.15, 0.2) is 5.82 Å². The third kappa shape index (κ3) is 4.75. The number of thiophene rings is 1. The number of nitrogens with one attached hydrogen (secondary N) is 1. The van der Waals surface area contributed by atoms with E-state index in [1.165, 1.54) is 0 Å². The summed E-state index contributed by atoms with van der Waals surface area (Å²) in [5, 5.41) is 0.787. The van der Waals surface area contributed by atoms with Crippen LogP contribution in [0.3, 0.4) is 0 Å². The maximum absolute atomic E-state index is 12.8. The van der Waals surface area contributed by atoms with Crippen molar-refractivity contribution in [1.29, 1.82) is 0 Å². The highest BCUT2D eigenvalue weighted by Gasteiger charge is 2.21. The second-order valence-electron chi connectivity index (χ2n) is 7.19. The summed E-state index contributed by atoms with van der Waals surface area (Å²) in [6.45, 7) is 7.59. The Balaban J connectivity index is 1.67. The standard InChI is InChI=1S/C20H24N4O3S2/c1-14-15(2)28-20-18(14)19(21-17(22-20)12-24-8-10-27-11-9-24)23-29(25,26)13-16-6-4-3-5-7-16/h3-7H,8-13H2,1-2H3,(H,21,22,23). The van der Waals surface area contributed by atoms with Crippen LogP contribution in [-0.4, -0.2) is 49.6 Å². The SMILES string of the molecule is Cc1sc2nc(CN3CCOCC3)nc(NS(=O)(=O)Cc3ccccc3)c2c1C. The van der Waals surface area contributed by atoms with E-state index in [-0.39, 0.29) is 5.75 Å². The van der Waals surface area contributed by atoms with Crippen LogP contribution < -0.4 is 4.72 Å². The number of anilines is 1. The molecule has 1 aromatic carbocycles. The third-order valence-electron chi connectivity index (χ3n) is 5.00. The molecule has 1 aliphatic heterocycles. The summed E-state index contributed by atoms with van der Waals surface area (Å²) in [5.74, 6) is 0.898. The number of aromatic nitrogens is 2. The van der Waals surface area contributed by atoms with Gasteiger partial charge in [-0.25, -0.2) is 18.4 Å². The molecule has 0 aliphatic carbocycles. The molecule has 0 bridgehead atoms. The van der Waals surface area contributed by atoms with Gasteiger partial charge in [0, 0.05) is 18.0 Å². The maximum atomic E-state index is 12.8. The molecule has 0 radical (unpaired) electrons. The summed E-state index contributed by atoms with van der Waals surface area (Å²) in [6.07, 6.45) is 0. The van der Waals surface area contributed by atoms with Crippen molar-refractivity contribution in [3.8, 4) is 0 Å². The number of ether oxygens (including phenoxy) is 1. The third-order valence-corrected chi connectivity index (χ3v) is 7.31. The number of nitrogens with zero attached hydrogens (tertiary/aromatic N) is 3. The largest absolute Gasteiger partial charge is 0.379 e. The molecule has 0 atom stereocenters. The predicted octanol–water partition coefficient (Wildman–Crippen LogP) is 3.08. The Bertz CT molecular complexity index is 1110. The van der Waals surface area contributed by atoms with Crippen LogP contribution in [0.5, 0.6) is 0 Å². The number of morpholine rings is 1. The normalized spacial score (nSPS) is 15.7. The number of hydrogen-bond donors (Lipinski definition) is 1. The van der Waals surface area contributed by atoms with Crippen molar-refractivity contribution in [2.24, 2.45) is 0 Å². The lowest BCUT2D eigenvalue weighted by atomic mass is 10.2. The van der Waals surface area contributed by atoms with E-state index < -0.39 is 10.0 Å². The summed E-state index contributed by atoms with van der Waals surface area (Å²) in [5.41, 5.74) is 1.75. The fourth-order valence-electron chi connectivity index (χ4n) is 3.37. The van der Waals surface area contributed by atoms with Crippen LogP contribution in [0.1, 0.15) is 21.8 Å². The first-order valence-corrected chi connectivity index (χ1v) is 12.0. The van der Waals surface area contributed by atoms with E-state index in [1.54, 1.807) is 23.5 Å². The van der Waals surface area contributed by atoms with Gasteiger partial charge in [-0.15, -0.1) is 11.3 Å². The molecule has 7 nitrogen and oxygen atoms in total. The van der Waals surface area contributed by atoms with E-state index in [2.05, 4.69) is 14.6 Å². The second-order valence-corrected chi connectivity index (χ2v) is 10.1. The van der Waals surface area contributed by atoms with Gasteiger partial charge >= 0.3 is 0 Å². The molecule has 0 unspecified atom stereocenters. The molecule has 1 fully saturated rings. The minimum atomic E-state index is -3.61. The Morgan fingerprint density at radius 3 is 2.59 bits per heavy atom. The summed E-state index contributed by atoms with van der Waals surface area (Å²) in [6, 6.07) is 9.14. The number of sulfonamides is 1. The molecule has 1 aliphatic rings. The Morgan fingerprint density at radius 2 is 1.86 bits per heavy atom. The lowest BCUT2D eigenvalue weighted by Crippen LogP contribution is -2.36. The Labute approximate surface area is 174 Å². The van der Waals surface area contributed by atoms with Gasteiger partial charge in [0.25, 0.3) is 0 Å². The van der Waals surface area contributed by atoms with Crippen LogP contribution in [0.2, 0.25) is 0 Å². The molecule has 29 heavy (non-hydrogen) atoms. The number of rotatable bonds is 6. The zero-order valence-corrected chi connectivity index (χ0v) is 18.1. The summed E-state index contributed by atoms with van der Waals surface area (Å²) in [4.78, 5) is 13.5. The van der Waals surface area contributed by atoms with Crippen molar-refractivity contribution in [3.63, 3.8) is 0 Å². The van der Waals surface area contributed by atoms with Crippen LogP contribution in [0.25, 0.3) is 10.2 Å². The summed E-state index contributed by atoms with van der Waals surface area (Å²) in [7, 11) is -3.61. The molecule has 2 aromatic heterocycles. The van der Waals surface area contributed by atoms with E-state index in [4.69, 9.17) is 9.72 Å². The fourth-order valence-corrected chi connectivity index (χ4v) is 5.57. The predicted molar refractivity (Wildman–Crippen MR) is 116 cm³/mol. The average Bonchev–Trinajstić information content (AvgIpc) is 2.96. The number of fused-ring (bicyclic) bond motifs is 1. The van der Waals surface area contributed by atoms with Crippen LogP contribution in [-0.2, 0) is 27.1 Å². The maximum Gasteiger partial charge on any atom is 0.238 e. The Morgan fingerprint density at radius 1 is 1.14 bits per heavy atom. The van der Waals surface area contributed by atoms with Gasteiger partial charge in [-0.1, -0.05) is 30.3 Å². The molecule has 3 heterocycles. The van der Waals surface area contributed by atoms with Crippen molar-refractivity contribution >= 4 is 37.4 Å². The highest BCUT2D eigenvalue weighted by molar-refractivity contribution is 7.91. The molecular weight excluding hydrogens is 408 g/mol. The lowest BCUT2D eigenvalue weighted by molar-refractivity contribution is 0.0331. The Kier molecular flexibility index (Phi) is 5.82. The van der Waals surface area contributed by atoms with Crippen LogP contribution in [0, 0.1) is 13.8 Å². The van der Waals surface area contributed by atoms with Gasteiger partial charge in [-0.05, 0) is 25.0 Å². The molecule has 3 aromatic rings. The van der Waals surface area contributed by atoms with E-state index >= 15 is 0 Å². The summed E-state index contributed by atoms with van der Waals surface area (Å²) >= 11 is 1.57. The van der Waals surface area contributed by atoms with E-state index in [0.29, 0.717) is 31.4 Å². The minimum absolute atomic E-state index is 0.0969. The van der Waals surface area contributed by atoms with Gasteiger partial charge in [0.2, 0.25) is 10.0 Å². The zero-order valence-electron chi connectivity index (χ0n) is 16.5.